The molecule has 1 N–H and O–H groups in total. The van der Waals surface area contributed by atoms with Gasteiger partial charge < -0.3 is 5.32 Å². The molecule has 2 nitrogen and oxygen atoms in total. The first-order chi connectivity index (χ1) is 8.84. The van der Waals surface area contributed by atoms with Crippen LogP contribution in [-0.4, -0.2) is 5.91 Å². The summed E-state index contributed by atoms with van der Waals surface area (Å²) in [6.45, 7) is 0. The van der Waals surface area contributed by atoms with Gasteiger partial charge in [-0.2, -0.15) is 0 Å². The van der Waals surface area contributed by atoms with E-state index in [4.69, 9.17) is 0 Å². The van der Waals surface area contributed by atoms with E-state index in [-0.39, 0.29) is 5.91 Å². The molecule has 0 atom stereocenters. The van der Waals surface area contributed by atoms with Crippen LogP contribution in [0.3, 0.4) is 0 Å². The highest BCUT2D eigenvalue weighted by molar-refractivity contribution is 5.97. The molecule has 0 fully saturated rings. The highest BCUT2D eigenvalue weighted by Crippen LogP contribution is 2.33. The predicted molar refractivity (Wildman–Crippen MR) is 73.4 cm³/mol. The molecule has 1 aliphatic heterocycles. The highest BCUT2D eigenvalue weighted by Gasteiger charge is 2.16. The molecule has 1 aliphatic rings. The number of carbonyl (C=O) groups is 1. The number of benzene rings is 2. The molecule has 0 bridgehead atoms. The quantitative estimate of drug-likeness (QED) is 0.806. The Labute approximate surface area is 107 Å². The Morgan fingerprint density at radius 1 is 0.889 bits per heavy atom. The van der Waals surface area contributed by atoms with E-state index in [1.165, 1.54) is 5.56 Å². The third-order valence-corrected chi connectivity index (χ3v) is 3.35. The third kappa shape index (κ3) is 2.02. The van der Waals surface area contributed by atoms with Crippen LogP contribution in [0.1, 0.15) is 18.4 Å². The average molecular weight is 237 g/mol. The van der Waals surface area contributed by atoms with E-state index in [2.05, 4.69) is 35.6 Å². The number of hydrogen-bond donors (Lipinski definition) is 1. The van der Waals surface area contributed by atoms with Gasteiger partial charge in [0.05, 0.1) is 5.69 Å². The van der Waals surface area contributed by atoms with Crippen LogP contribution in [0.15, 0.2) is 48.5 Å². The Balaban J connectivity index is 2.14. The van der Waals surface area contributed by atoms with E-state index in [9.17, 15) is 4.79 Å². The second kappa shape index (κ2) is 4.65. The fourth-order valence-electron chi connectivity index (χ4n) is 2.46. The standard InChI is InChI=1S/C16H15NO/c18-15-11-5-9-13-8-4-10-14(16(13)17-15)12-6-2-1-3-7-12/h1-4,6-8,10H,5,9,11H2,(H,17,18). The number of nitrogens with one attached hydrogen (secondary N) is 1. The van der Waals surface area contributed by atoms with Crippen LogP contribution >= 0.6 is 0 Å². The van der Waals surface area contributed by atoms with E-state index in [0.29, 0.717) is 6.42 Å². The summed E-state index contributed by atoms with van der Waals surface area (Å²) in [6, 6.07) is 16.4. The largest absolute Gasteiger partial charge is 0.325 e. The molecule has 2 aromatic carbocycles. The van der Waals surface area contributed by atoms with Gasteiger partial charge in [-0.05, 0) is 24.0 Å². The molecule has 0 radical (unpaired) electrons. The van der Waals surface area contributed by atoms with Crippen molar-refractivity contribution in [1.82, 2.24) is 0 Å². The van der Waals surface area contributed by atoms with Crippen LogP contribution in [0.5, 0.6) is 0 Å². The third-order valence-electron chi connectivity index (χ3n) is 3.35. The van der Waals surface area contributed by atoms with Crippen LogP contribution < -0.4 is 5.32 Å². The summed E-state index contributed by atoms with van der Waals surface area (Å²) < 4.78 is 0. The van der Waals surface area contributed by atoms with Crippen molar-refractivity contribution in [2.75, 3.05) is 5.32 Å². The zero-order valence-corrected chi connectivity index (χ0v) is 10.1. The van der Waals surface area contributed by atoms with Gasteiger partial charge in [-0.25, -0.2) is 0 Å². The highest BCUT2D eigenvalue weighted by atomic mass is 16.1. The van der Waals surface area contributed by atoms with Gasteiger partial charge >= 0.3 is 0 Å². The normalized spacial score (nSPS) is 14.6. The van der Waals surface area contributed by atoms with Crippen molar-refractivity contribution in [3.8, 4) is 11.1 Å². The molecular formula is C16H15NO. The summed E-state index contributed by atoms with van der Waals surface area (Å²) in [5.74, 6) is 0.122. The van der Waals surface area contributed by atoms with Crippen molar-refractivity contribution in [2.24, 2.45) is 0 Å². The first-order valence-electron chi connectivity index (χ1n) is 6.32. The number of fused-ring (bicyclic) bond motifs is 1. The first-order valence-corrected chi connectivity index (χ1v) is 6.32. The Kier molecular flexibility index (Phi) is 2.85. The minimum atomic E-state index is 0.122. The molecule has 1 amide bonds. The van der Waals surface area contributed by atoms with Crippen LogP contribution in [-0.2, 0) is 11.2 Å². The Hall–Kier alpha value is -2.09. The van der Waals surface area contributed by atoms with Gasteiger partial charge in [0.25, 0.3) is 0 Å². The number of para-hydroxylation sites is 1. The molecule has 0 saturated heterocycles. The number of rotatable bonds is 1. The number of anilines is 1. The Morgan fingerprint density at radius 3 is 2.56 bits per heavy atom. The lowest BCUT2D eigenvalue weighted by atomic mass is 9.98. The fraction of sp³-hybridized carbons (Fsp3) is 0.188. The van der Waals surface area contributed by atoms with Gasteiger partial charge in [-0.1, -0.05) is 48.5 Å². The number of amides is 1. The summed E-state index contributed by atoms with van der Waals surface area (Å²) in [6.07, 6.45) is 2.51. The molecule has 2 aromatic rings. The monoisotopic (exact) mass is 237 g/mol. The molecule has 3 rings (SSSR count). The van der Waals surface area contributed by atoms with Gasteiger partial charge in [0, 0.05) is 12.0 Å². The van der Waals surface area contributed by atoms with Crippen LogP contribution in [0.4, 0.5) is 5.69 Å². The lowest BCUT2D eigenvalue weighted by molar-refractivity contribution is -0.116. The fourth-order valence-corrected chi connectivity index (χ4v) is 2.46. The van der Waals surface area contributed by atoms with Gasteiger partial charge in [-0.15, -0.1) is 0 Å². The molecule has 2 heteroatoms. The number of carbonyl (C=O) groups excluding carboxylic acids is 1. The molecule has 0 saturated carbocycles. The maximum Gasteiger partial charge on any atom is 0.224 e. The molecule has 18 heavy (non-hydrogen) atoms. The summed E-state index contributed by atoms with van der Waals surface area (Å²) in [4.78, 5) is 11.7. The maximum absolute atomic E-state index is 11.7. The van der Waals surface area contributed by atoms with Gasteiger partial charge in [0.15, 0.2) is 0 Å². The van der Waals surface area contributed by atoms with Gasteiger partial charge in [0.1, 0.15) is 0 Å². The molecule has 0 aliphatic carbocycles. The van der Waals surface area contributed by atoms with Crippen molar-refractivity contribution >= 4 is 11.6 Å². The van der Waals surface area contributed by atoms with Crippen molar-refractivity contribution in [1.29, 1.82) is 0 Å². The van der Waals surface area contributed by atoms with E-state index in [1.807, 2.05) is 18.2 Å². The summed E-state index contributed by atoms with van der Waals surface area (Å²) in [5, 5.41) is 3.05. The zero-order valence-electron chi connectivity index (χ0n) is 10.1. The summed E-state index contributed by atoms with van der Waals surface area (Å²) >= 11 is 0. The first kappa shape index (κ1) is 11.0. The minimum absolute atomic E-state index is 0.122. The van der Waals surface area contributed by atoms with Crippen LogP contribution in [0.25, 0.3) is 11.1 Å². The summed E-state index contributed by atoms with van der Waals surface area (Å²) in [5.41, 5.74) is 4.49. The molecule has 0 spiro atoms. The molecular weight excluding hydrogens is 222 g/mol. The Bertz CT molecular complexity index is 575. The zero-order chi connectivity index (χ0) is 12.4. The molecule has 1 heterocycles. The summed E-state index contributed by atoms with van der Waals surface area (Å²) in [7, 11) is 0. The molecule has 0 unspecified atom stereocenters. The predicted octanol–water partition coefficient (Wildman–Crippen LogP) is 3.63. The van der Waals surface area contributed by atoms with E-state index < -0.39 is 0 Å². The van der Waals surface area contributed by atoms with Crippen molar-refractivity contribution < 1.29 is 4.79 Å². The van der Waals surface area contributed by atoms with Crippen molar-refractivity contribution in [3.05, 3.63) is 54.1 Å². The Morgan fingerprint density at radius 2 is 1.72 bits per heavy atom. The molecule has 0 aromatic heterocycles. The molecule has 90 valence electrons. The minimum Gasteiger partial charge on any atom is -0.325 e. The lowest BCUT2D eigenvalue weighted by Gasteiger charge is -2.13. The van der Waals surface area contributed by atoms with Crippen LogP contribution in [0, 0.1) is 0 Å². The second-order valence-corrected chi connectivity index (χ2v) is 4.61. The lowest BCUT2D eigenvalue weighted by Crippen LogP contribution is -2.10. The van der Waals surface area contributed by atoms with Crippen molar-refractivity contribution in [2.45, 2.75) is 19.3 Å². The van der Waals surface area contributed by atoms with Crippen molar-refractivity contribution in [3.63, 3.8) is 0 Å². The van der Waals surface area contributed by atoms with Crippen LogP contribution in [0.2, 0.25) is 0 Å². The SMILES string of the molecule is O=C1CCCc2cccc(-c3ccccc3)c2N1. The number of aryl methyl sites for hydroxylation is 1. The maximum atomic E-state index is 11.7. The van der Waals surface area contributed by atoms with Gasteiger partial charge in [0.2, 0.25) is 5.91 Å². The average Bonchev–Trinajstić information content (AvgIpc) is 2.60. The number of hydrogen-bond acceptors (Lipinski definition) is 1. The van der Waals surface area contributed by atoms with E-state index in [0.717, 1.165) is 29.7 Å². The smallest absolute Gasteiger partial charge is 0.224 e. The van der Waals surface area contributed by atoms with E-state index >= 15 is 0 Å². The topological polar surface area (TPSA) is 29.1 Å². The van der Waals surface area contributed by atoms with E-state index in [1.54, 1.807) is 0 Å². The second-order valence-electron chi connectivity index (χ2n) is 4.61. The van der Waals surface area contributed by atoms with Gasteiger partial charge in [-0.3, -0.25) is 4.79 Å².